The summed E-state index contributed by atoms with van der Waals surface area (Å²) in [6, 6.07) is 0. The van der Waals surface area contributed by atoms with Crippen LogP contribution in [0.25, 0.3) is 0 Å². The molecule has 1 fully saturated rings. The number of hydrogen-bond donors (Lipinski definition) is 2. The lowest BCUT2D eigenvalue weighted by molar-refractivity contribution is -0.0866. The van der Waals surface area contributed by atoms with E-state index in [9.17, 15) is 10.2 Å². The summed E-state index contributed by atoms with van der Waals surface area (Å²) in [6.07, 6.45) is 6.60. The molecule has 1 atom stereocenters. The molecule has 86 valence electrons. The molecule has 1 aliphatic carbocycles. The molecule has 2 N–H and O–H groups in total. The summed E-state index contributed by atoms with van der Waals surface area (Å²) in [5.41, 5.74) is -0.841. The van der Waals surface area contributed by atoms with E-state index in [-0.39, 0.29) is 0 Å². The van der Waals surface area contributed by atoms with Gasteiger partial charge in [0.05, 0.1) is 11.7 Å². The van der Waals surface area contributed by atoms with Gasteiger partial charge < -0.3 is 10.2 Å². The zero-order valence-electron chi connectivity index (χ0n) is 9.63. The Kier molecular flexibility index (Phi) is 5.14. The third-order valence-corrected chi connectivity index (χ3v) is 3.31. The highest BCUT2D eigenvalue weighted by Gasteiger charge is 2.35. The molecule has 0 aliphatic heterocycles. The van der Waals surface area contributed by atoms with E-state index in [0.29, 0.717) is 12.8 Å². The molecule has 0 aromatic rings. The number of rotatable bonds is 3. The lowest BCUT2D eigenvalue weighted by atomic mass is 9.86. The molecule has 0 radical (unpaired) electrons. The molecule has 1 unspecified atom stereocenters. The molecule has 0 saturated heterocycles. The van der Waals surface area contributed by atoms with Crippen LogP contribution in [-0.4, -0.2) is 21.9 Å². The first-order chi connectivity index (χ1) is 7.19. The minimum Gasteiger partial charge on any atom is -0.390 e. The Morgan fingerprint density at radius 3 is 2.33 bits per heavy atom. The average molecular weight is 210 g/mol. The molecule has 2 nitrogen and oxygen atoms in total. The van der Waals surface area contributed by atoms with E-state index in [2.05, 4.69) is 11.8 Å². The second-order valence-electron chi connectivity index (χ2n) is 4.50. The van der Waals surface area contributed by atoms with Crippen molar-refractivity contribution in [2.75, 3.05) is 0 Å². The first-order valence-electron chi connectivity index (χ1n) is 5.99. The SMILES string of the molecule is CC#CCCC(O)C1(O)CCCCCC1. The Morgan fingerprint density at radius 2 is 1.80 bits per heavy atom. The topological polar surface area (TPSA) is 40.5 Å². The van der Waals surface area contributed by atoms with Crippen LogP contribution in [0.1, 0.15) is 58.3 Å². The number of aliphatic hydroxyl groups is 2. The molecule has 0 spiro atoms. The number of hydrogen-bond acceptors (Lipinski definition) is 2. The van der Waals surface area contributed by atoms with Crippen LogP contribution in [-0.2, 0) is 0 Å². The minimum absolute atomic E-state index is 0.595. The van der Waals surface area contributed by atoms with Crippen molar-refractivity contribution >= 4 is 0 Å². The fourth-order valence-electron chi connectivity index (χ4n) is 2.28. The van der Waals surface area contributed by atoms with Gasteiger partial charge in [-0.05, 0) is 26.2 Å². The Labute approximate surface area is 92.7 Å². The van der Waals surface area contributed by atoms with Gasteiger partial charge in [0.25, 0.3) is 0 Å². The Morgan fingerprint density at radius 1 is 1.20 bits per heavy atom. The first kappa shape index (κ1) is 12.5. The van der Waals surface area contributed by atoms with Crippen molar-refractivity contribution < 1.29 is 10.2 Å². The molecular formula is C13H22O2. The molecule has 0 aromatic carbocycles. The average Bonchev–Trinajstić information content (AvgIpc) is 2.44. The van der Waals surface area contributed by atoms with E-state index in [1.54, 1.807) is 6.92 Å². The summed E-state index contributed by atoms with van der Waals surface area (Å²) in [5, 5.41) is 20.3. The van der Waals surface area contributed by atoms with Gasteiger partial charge in [0.15, 0.2) is 0 Å². The van der Waals surface area contributed by atoms with Crippen molar-refractivity contribution in [1.29, 1.82) is 0 Å². The van der Waals surface area contributed by atoms with Gasteiger partial charge in [0.2, 0.25) is 0 Å². The summed E-state index contributed by atoms with van der Waals surface area (Å²) in [5.74, 6) is 5.74. The lowest BCUT2D eigenvalue weighted by Gasteiger charge is -2.31. The van der Waals surface area contributed by atoms with Crippen molar-refractivity contribution in [2.24, 2.45) is 0 Å². The largest absolute Gasteiger partial charge is 0.390 e. The van der Waals surface area contributed by atoms with Crippen molar-refractivity contribution in [3.8, 4) is 11.8 Å². The molecule has 15 heavy (non-hydrogen) atoms. The van der Waals surface area contributed by atoms with E-state index in [1.807, 2.05) is 0 Å². The monoisotopic (exact) mass is 210 g/mol. The highest BCUT2D eigenvalue weighted by Crippen LogP contribution is 2.31. The van der Waals surface area contributed by atoms with Crippen molar-refractivity contribution in [3.05, 3.63) is 0 Å². The summed E-state index contributed by atoms with van der Waals surface area (Å²) < 4.78 is 0. The van der Waals surface area contributed by atoms with Gasteiger partial charge in [0, 0.05) is 6.42 Å². The Hall–Kier alpha value is -0.520. The van der Waals surface area contributed by atoms with E-state index in [0.717, 1.165) is 25.7 Å². The Balaban J connectivity index is 2.45. The molecule has 1 rings (SSSR count). The van der Waals surface area contributed by atoms with E-state index < -0.39 is 11.7 Å². The molecule has 0 aromatic heterocycles. The lowest BCUT2D eigenvalue weighted by Crippen LogP contribution is -2.41. The highest BCUT2D eigenvalue weighted by molar-refractivity contribution is 4.97. The molecule has 2 heteroatoms. The summed E-state index contributed by atoms with van der Waals surface area (Å²) in [7, 11) is 0. The normalized spacial score (nSPS) is 22.3. The molecule has 1 aliphatic rings. The van der Waals surface area contributed by atoms with E-state index in [4.69, 9.17) is 0 Å². The van der Waals surface area contributed by atoms with Crippen LogP contribution in [0.5, 0.6) is 0 Å². The van der Waals surface area contributed by atoms with Gasteiger partial charge in [-0.15, -0.1) is 11.8 Å². The molecule has 1 saturated carbocycles. The Bertz CT molecular complexity index is 229. The third kappa shape index (κ3) is 3.85. The predicted octanol–water partition coefficient (Wildman–Crippen LogP) is 2.24. The second kappa shape index (κ2) is 6.15. The van der Waals surface area contributed by atoms with E-state index >= 15 is 0 Å². The van der Waals surface area contributed by atoms with Crippen LogP contribution in [0, 0.1) is 11.8 Å². The first-order valence-corrected chi connectivity index (χ1v) is 5.99. The fourth-order valence-corrected chi connectivity index (χ4v) is 2.28. The van der Waals surface area contributed by atoms with Crippen molar-refractivity contribution in [3.63, 3.8) is 0 Å². The van der Waals surface area contributed by atoms with Gasteiger partial charge in [-0.2, -0.15) is 0 Å². The standard InChI is InChI=1S/C13H22O2/c1-2-3-6-9-12(14)13(15)10-7-4-5-8-11-13/h12,14-15H,4-11H2,1H3. The van der Waals surface area contributed by atoms with Crippen LogP contribution in [0.4, 0.5) is 0 Å². The van der Waals surface area contributed by atoms with Crippen molar-refractivity contribution in [2.45, 2.75) is 70.0 Å². The van der Waals surface area contributed by atoms with Crippen LogP contribution in [0.15, 0.2) is 0 Å². The minimum atomic E-state index is -0.841. The predicted molar refractivity (Wildman–Crippen MR) is 61.3 cm³/mol. The quantitative estimate of drug-likeness (QED) is 0.554. The second-order valence-corrected chi connectivity index (χ2v) is 4.50. The maximum Gasteiger partial charge on any atom is 0.0905 e. The summed E-state index contributed by atoms with van der Waals surface area (Å²) >= 11 is 0. The molecule has 0 bridgehead atoms. The van der Waals surface area contributed by atoms with Crippen LogP contribution >= 0.6 is 0 Å². The highest BCUT2D eigenvalue weighted by atomic mass is 16.3. The maximum atomic E-state index is 10.3. The van der Waals surface area contributed by atoms with Crippen LogP contribution < -0.4 is 0 Å². The van der Waals surface area contributed by atoms with Crippen molar-refractivity contribution in [1.82, 2.24) is 0 Å². The van der Waals surface area contributed by atoms with Gasteiger partial charge >= 0.3 is 0 Å². The van der Waals surface area contributed by atoms with Crippen LogP contribution in [0.2, 0.25) is 0 Å². The van der Waals surface area contributed by atoms with E-state index in [1.165, 1.54) is 12.8 Å². The summed E-state index contributed by atoms with van der Waals surface area (Å²) in [6.45, 7) is 1.80. The fraction of sp³-hybridized carbons (Fsp3) is 0.846. The van der Waals surface area contributed by atoms with Gasteiger partial charge in [-0.3, -0.25) is 0 Å². The zero-order chi connectivity index (χ0) is 11.1. The summed E-state index contributed by atoms with van der Waals surface area (Å²) in [4.78, 5) is 0. The smallest absolute Gasteiger partial charge is 0.0905 e. The van der Waals surface area contributed by atoms with Gasteiger partial charge in [0.1, 0.15) is 0 Å². The molecule has 0 amide bonds. The zero-order valence-corrected chi connectivity index (χ0v) is 9.63. The molecular weight excluding hydrogens is 188 g/mol. The third-order valence-electron chi connectivity index (χ3n) is 3.31. The number of aliphatic hydroxyl groups excluding tert-OH is 1. The van der Waals surface area contributed by atoms with Crippen LogP contribution in [0.3, 0.4) is 0 Å². The van der Waals surface area contributed by atoms with Gasteiger partial charge in [-0.25, -0.2) is 0 Å². The maximum absolute atomic E-state index is 10.3. The van der Waals surface area contributed by atoms with Gasteiger partial charge in [-0.1, -0.05) is 25.7 Å². The molecule has 0 heterocycles.